The van der Waals surface area contributed by atoms with Crippen LogP contribution in [-0.2, 0) is 17.1 Å². The van der Waals surface area contributed by atoms with Gasteiger partial charge in [0.2, 0.25) is 0 Å². The van der Waals surface area contributed by atoms with Crippen LogP contribution in [0, 0.1) is 0 Å². The van der Waals surface area contributed by atoms with Gasteiger partial charge in [0.15, 0.2) is 0 Å². The molecule has 3 rings (SSSR count). The summed E-state index contributed by atoms with van der Waals surface area (Å²) in [4.78, 5) is 4.52. The molecule has 2 heteroatoms. The summed E-state index contributed by atoms with van der Waals surface area (Å²) in [7, 11) is 0. The van der Waals surface area contributed by atoms with Crippen molar-refractivity contribution in [2.75, 3.05) is 0 Å². The van der Waals surface area contributed by atoms with Gasteiger partial charge in [-0.2, -0.15) is 0 Å². The van der Waals surface area contributed by atoms with Crippen LogP contribution in [0.3, 0.4) is 0 Å². The van der Waals surface area contributed by atoms with Crippen LogP contribution in [0.4, 0.5) is 0 Å². The number of para-hydroxylation sites is 2. The van der Waals surface area contributed by atoms with Crippen molar-refractivity contribution >= 4 is 21.8 Å². The van der Waals surface area contributed by atoms with E-state index in [-0.39, 0.29) is 17.1 Å². The van der Waals surface area contributed by atoms with Crippen molar-refractivity contribution in [1.29, 1.82) is 0 Å². The molecule has 0 aliphatic carbocycles. The summed E-state index contributed by atoms with van der Waals surface area (Å²) in [5.74, 6) is 0. The first-order chi connectivity index (χ1) is 6.45. The van der Waals surface area contributed by atoms with E-state index in [2.05, 4.69) is 41.4 Å². The van der Waals surface area contributed by atoms with Crippen molar-refractivity contribution in [1.82, 2.24) is 4.98 Å². The molecule has 0 bridgehead atoms. The van der Waals surface area contributed by atoms with Crippen molar-refractivity contribution < 1.29 is 17.1 Å². The van der Waals surface area contributed by atoms with Crippen molar-refractivity contribution in [3.63, 3.8) is 0 Å². The second-order valence-electron chi connectivity index (χ2n) is 3.15. The smallest absolute Gasteiger partial charge is 0.657 e. The molecule has 0 aliphatic heterocycles. The summed E-state index contributed by atoms with van der Waals surface area (Å²) in [6, 6.07) is 16.5. The maximum absolute atomic E-state index is 4.52. The van der Waals surface area contributed by atoms with Crippen molar-refractivity contribution in [2.45, 2.75) is 0 Å². The standard InChI is InChI=1S/C12H8N.Cu/c1-3-7-11-9(5-1)10-6-2-4-8-12(10)13-11;/h1-8H;/q-1;+1. The Balaban J connectivity index is 0.000000750. The van der Waals surface area contributed by atoms with E-state index in [4.69, 9.17) is 0 Å². The molecule has 0 radical (unpaired) electrons. The molecule has 0 unspecified atom stereocenters. The number of benzene rings is 2. The van der Waals surface area contributed by atoms with Crippen molar-refractivity contribution in [3.05, 3.63) is 48.5 Å². The minimum absolute atomic E-state index is 0. The summed E-state index contributed by atoms with van der Waals surface area (Å²) in [5, 5.41) is 2.50. The average Bonchev–Trinajstić information content (AvgIpc) is 2.56. The van der Waals surface area contributed by atoms with Crippen molar-refractivity contribution in [3.8, 4) is 0 Å². The summed E-state index contributed by atoms with van der Waals surface area (Å²) in [6.07, 6.45) is 0. The molecule has 0 spiro atoms. The van der Waals surface area contributed by atoms with E-state index < -0.39 is 0 Å². The van der Waals surface area contributed by atoms with Crippen LogP contribution in [0.15, 0.2) is 48.5 Å². The van der Waals surface area contributed by atoms with Crippen LogP contribution in [0.25, 0.3) is 21.8 Å². The number of fused-ring (bicyclic) bond motifs is 3. The first-order valence-electron chi connectivity index (χ1n) is 4.35. The van der Waals surface area contributed by atoms with Gasteiger partial charge >= 0.3 is 17.1 Å². The maximum atomic E-state index is 4.52. The molecule has 0 saturated carbocycles. The van der Waals surface area contributed by atoms with E-state index in [1.165, 1.54) is 10.8 Å². The molecule has 0 saturated heterocycles. The molecule has 0 fully saturated rings. The third-order valence-corrected chi connectivity index (χ3v) is 2.34. The number of aromatic nitrogens is 1. The molecule has 0 atom stereocenters. The van der Waals surface area contributed by atoms with E-state index in [1.54, 1.807) is 0 Å². The molecule has 1 nitrogen and oxygen atoms in total. The van der Waals surface area contributed by atoms with E-state index in [9.17, 15) is 0 Å². The Morgan fingerprint density at radius 2 is 1.07 bits per heavy atom. The average molecular weight is 230 g/mol. The molecule has 3 aromatic rings. The fraction of sp³-hybridized carbons (Fsp3) is 0. The van der Waals surface area contributed by atoms with E-state index in [0.717, 1.165) is 11.0 Å². The van der Waals surface area contributed by atoms with Gasteiger partial charge in [0.1, 0.15) is 0 Å². The molecule has 72 valence electrons. The summed E-state index contributed by atoms with van der Waals surface area (Å²) >= 11 is 0. The molecule has 14 heavy (non-hydrogen) atoms. The summed E-state index contributed by atoms with van der Waals surface area (Å²) < 4.78 is 0. The van der Waals surface area contributed by atoms with Gasteiger partial charge in [-0.05, 0) is 10.8 Å². The van der Waals surface area contributed by atoms with Gasteiger partial charge in [-0.1, -0.05) is 48.5 Å². The van der Waals surface area contributed by atoms with Crippen LogP contribution in [0.2, 0.25) is 0 Å². The van der Waals surface area contributed by atoms with E-state index in [1.807, 2.05) is 12.1 Å². The fourth-order valence-corrected chi connectivity index (χ4v) is 1.73. The Bertz CT molecular complexity index is 518. The van der Waals surface area contributed by atoms with Gasteiger partial charge in [0.25, 0.3) is 0 Å². The predicted octanol–water partition coefficient (Wildman–Crippen LogP) is 2.95. The Labute approximate surface area is 92.6 Å². The van der Waals surface area contributed by atoms with Gasteiger partial charge in [0.05, 0.1) is 0 Å². The molecule has 1 aromatic heterocycles. The summed E-state index contributed by atoms with van der Waals surface area (Å²) in [5.41, 5.74) is 2.17. The van der Waals surface area contributed by atoms with Gasteiger partial charge < -0.3 is 4.98 Å². The number of nitrogens with zero attached hydrogens (tertiary/aromatic N) is 1. The minimum atomic E-state index is 0. The second kappa shape index (κ2) is 3.49. The Morgan fingerprint density at radius 1 is 0.643 bits per heavy atom. The van der Waals surface area contributed by atoms with Gasteiger partial charge in [-0.25, -0.2) is 0 Å². The normalized spacial score (nSPS) is 10.3. The van der Waals surface area contributed by atoms with Gasteiger partial charge in [0, 0.05) is 0 Å². The molecular formula is C12H8CuN. The SMILES string of the molecule is [Cu+].c1ccc2c(c1)[n-]c1ccccc12. The van der Waals surface area contributed by atoms with Gasteiger partial charge in [-0.15, -0.1) is 11.0 Å². The van der Waals surface area contributed by atoms with Crippen LogP contribution in [-0.4, -0.2) is 0 Å². The zero-order chi connectivity index (χ0) is 8.67. The first-order valence-corrected chi connectivity index (χ1v) is 4.35. The monoisotopic (exact) mass is 229 g/mol. The van der Waals surface area contributed by atoms with Crippen LogP contribution < -0.4 is 4.98 Å². The minimum Gasteiger partial charge on any atom is -0.657 e. The van der Waals surface area contributed by atoms with Crippen LogP contribution in [0.5, 0.6) is 0 Å². The first kappa shape index (κ1) is 9.32. The number of rotatable bonds is 0. The third-order valence-electron chi connectivity index (χ3n) is 2.34. The molecule has 0 aliphatic rings. The predicted molar refractivity (Wildman–Crippen MR) is 54.8 cm³/mol. The third kappa shape index (κ3) is 1.24. The quantitative estimate of drug-likeness (QED) is 0.541. The fourth-order valence-electron chi connectivity index (χ4n) is 1.73. The largest absolute Gasteiger partial charge is 1.00 e. The van der Waals surface area contributed by atoms with Gasteiger partial charge in [-0.3, -0.25) is 0 Å². The Kier molecular flexibility index (Phi) is 2.32. The topological polar surface area (TPSA) is 14.1 Å². The van der Waals surface area contributed by atoms with Crippen molar-refractivity contribution in [2.24, 2.45) is 0 Å². The molecule has 0 N–H and O–H groups in total. The van der Waals surface area contributed by atoms with E-state index >= 15 is 0 Å². The van der Waals surface area contributed by atoms with E-state index in [0.29, 0.717) is 0 Å². The molecule has 2 aromatic carbocycles. The second-order valence-corrected chi connectivity index (χ2v) is 3.15. The number of hydrogen-bond acceptors (Lipinski definition) is 0. The zero-order valence-corrected chi connectivity index (χ0v) is 8.31. The van der Waals surface area contributed by atoms with Crippen LogP contribution >= 0.6 is 0 Å². The number of hydrogen-bond donors (Lipinski definition) is 0. The summed E-state index contributed by atoms with van der Waals surface area (Å²) in [6.45, 7) is 0. The molecule has 0 amide bonds. The van der Waals surface area contributed by atoms with Crippen LogP contribution in [0.1, 0.15) is 0 Å². The maximum Gasteiger partial charge on any atom is 1.00 e. The molecular weight excluding hydrogens is 222 g/mol. The zero-order valence-electron chi connectivity index (χ0n) is 7.37. The Morgan fingerprint density at radius 3 is 1.57 bits per heavy atom. The molecule has 1 heterocycles. The Hall–Kier alpha value is -1.24.